The molecule has 0 saturated carbocycles. The van der Waals surface area contributed by atoms with Crippen molar-refractivity contribution in [2.75, 3.05) is 10.5 Å². The van der Waals surface area contributed by atoms with E-state index in [0.29, 0.717) is 0 Å². The maximum atomic E-state index is 13.6. The van der Waals surface area contributed by atoms with Crippen LogP contribution < -0.4 is 10.5 Å². The summed E-state index contributed by atoms with van der Waals surface area (Å²) in [5.74, 6) is -0.803. The van der Waals surface area contributed by atoms with Gasteiger partial charge in [-0.1, -0.05) is 0 Å². The zero-order valence-corrected chi connectivity index (χ0v) is 10.9. The Balaban J connectivity index is 2.36. The molecule has 0 atom stereocenters. The average molecular weight is 292 g/mol. The fraction of sp³-hybridized carbons (Fsp3) is 0. The number of nitrogens with one attached hydrogen (secondary N) is 1. The monoisotopic (exact) mass is 292 g/mol. The number of nitrogens with zero attached hydrogens (tertiary/aromatic N) is 2. The van der Waals surface area contributed by atoms with Gasteiger partial charge in [0.05, 0.1) is 22.2 Å². The smallest absolute Gasteiger partial charge is 0.262 e. The van der Waals surface area contributed by atoms with Crippen LogP contribution in [0.2, 0.25) is 0 Å². The Kier molecular flexibility index (Phi) is 3.54. The molecule has 20 heavy (non-hydrogen) atoms. The van der Waals surface area contributed by atoms with Crippen molar-refractivity contribution in [2.45, 2.75) is 4.90 Å². The van der Waals surface area contributed by atoms with Gasteiger partial charge in [0.2, 0.25) is 0 Å². The number of sulfonamides is 1. The van der Waals surface area contributed by atoms with E-state index in [4.69, 9.17) is 11.0 Å². The number of pyridine rings is 1. The lowest BCUT2D eigenvalue weighted by Crippen LogP contribution is -2.14. The SMILES string of the molecule is N#Cc1ccc(NS(=O)(=O)c2ccnc(N)c2)c(F)c1. The van der Waals surface area contributed by atoms with Crippen molar-refractivity contribution in [2.24, 2.45) is 0 Å². The van der Waals surface area contributed by atoms with Crippen LogP contribution in [0.1, 0.15) is 5.56 Å². The van der Waals surface area contributed by atoms with Crippen LogP contribution in [-0.4, -0.2) is 13.4 Å². The Bertz CT molecular complexity index is 799. The number of hydrogen-bond donors (Lipinski definition) is 2. The number of nitriles is 1. The van der Waals surface area contributed by atoms with E-state index >= 15 is 0 Å². The number of hydrogen-bond acceptors (Lipinski definition) is 5. The van der Waals surface area contributed by atoms with Crippen LogP contribution >= 0.6 is 0 Å². The molecular formula is C12H9FN4O2S. The van der Waals surface area contributed by atoms with Crippen LogP contribution in [0.4, 0.5) is 15.9 Å². The summed E-state index contributed by atoms with van der Waals surface area (Å²) in [7, 11) is -3.97. The summed E-state index contributed by atoms with van der Waals surface area (Å²) in [5, 5.41) is 8.62. The molecule has 8 heteroatoms. The lowest BCUT2D eigenvalue weighted by Gasteiger charge is -2.09. The third-order valence-corrected chi connectivity index (χ3v) is 3.77. The van der Waals surface area contributed by atoms with Crippen LogP contribution in [0.5, 0.6) is 0 Å². The normalized spacial score (nSPS) is 10.8. The first-order chi connectivity index (χ1) is 9.42. The highest BCUT2D eigenvalue weighted by molar-refractivity contribution is 7.92. The highest BCUT2D eigenvalue weighted by Crippen LogP contribution is 2.20. The number of nitrogen functional groups attached to an aromatic ring is 1. The molecule has 0 fully saturated rings. The first kappa shape index (κ1) is 13.8. The van der Waals surface area contributed by atoms with Crippen LogP contribution in [-0.2, 0) is 10.0 Å². The average Bonchev–Trinajstić information content (AvgIpc) is 2.41. The maximum Gasteiger partial charge on any atom is 0.262 e. The van der Waals surface area contributed by atoms with Crippen molar-refractivity contribution in [1.29, 1.82) is 5.26 Å². The molecular weight excluding hydrogens is 283 g/mol. The van der Waals surface area contributed by atoms with Crippen LogP contribution in [0.25, 0.3) is 0 Å². The van der Waals surface area contributed by atoms with Crippen molar-refractivity contribution < 1.29 is 12.8 Å². The fourth-order valence-corrected chi connectivity index (χ4v) is 2.56. The number of rotatable bonds is 3. The van der Waals surface area contributed by atoms with Gasteiger partial charge in [0.1, 0.15) is 11.6 Å². The van der Waals surface area contributed by atoms with Crippen molar-refractivity contribution in [3.63, 3.8) is 0 Å². The number of aromatic nitrogens is 1. The zero-order chi connectivity index (χ0) is 14.8. The van der Waals surface area contributed by atoms with Crippen molar-refractivity contribution in [3.05, 3.63) is 47.9 Å². The van der Waals surface area contributed by atoms with E-state index < -0.39 is 15.8 Å². The number of nitrogens with two attached hydrogens (primary N) is 1. The van der Waals surface area contributed by atoms with E-state index in [-0.39, 0.29) is 22.0 Å². The molecule has 0 aliphatic heterocycles. The molecule has 6 nitrogen and oxygen atoms in total. The molecule has 0 aliphatic rings. The predicted octanol–water partition coefficient (Wildman–Crippen LogP) is 1.48. The second kappa shape index (κ2) is 5.14. The van der Waals surface area contributed by atoms with Crippen molar-refractivity contribution in [1.82, 2.24) is 4.98 Å². The van der Waals surface area contributed by atoms with Gasteiger partial charge in [-0.25, -0.2) is 17.8 Å². The van der Waals surface area contributed by atoms with E-state index in [1.165, 1.54) is 24.4 Å². The van der Waals surface area contributed by atoms with Gasteiger partial charge < -0.3 is 5.73 Å². The Morgan fingerprint density at radius 1 is 1.30 bits per heavy atom. The molecule has 1 aromatic carbocycles. The molecule has 0 radical (unpaired) electrons. The molecule has 0 saturated heterocycles. The van der Waals surface area contributed by atoms with Gasteiger partial charge in [-0.05, 0) is 24.3 Å². The quantitative estimate of drug-likeness (QED) is 0.890. The van der Waals surface area contributed by atoms with Crippen molar-refractivity contribution in [3.8, 4) is 6.07 Å². The minimum Gasteiger partial charge on any atom is -0.384 e. The Labute approximate surface area is 114 Å². The van der Waals surface area contributed by atoms with Gasteiger partial charge in [-0.15, -0.1) is 0 Å². The van der Waals surface area contributed by atoms with Crippen LogP contribution in [0.15, 0.2) is 41.4 Å². The summed E-state index contributed by atoms with van der Waals surface area (Å²) in [6.45, 7) is 0. The topological polar surface area (TPSA) is 109 Å². The summed E-state index contributed by atoms with van der Waals surface area (Å²) in [6.07, 6.45) is 1.24. The minimum absolute atomic E-state index is 0.0353. The van der Waals surface area contributed by atoms with Gasteiger partial charge in [0.25, 0.3) is 10.0 Å². The van der Waals surface area contributed by atoms with E-state index in [1.54, 1.807) is 6.07 Å². The molecule has 0 bridgehead atoms. The second-order valence-corrected chi connectivity index (χ2v) is 5.51. The standard InChI is InChI=1S/C12H9FN4O2S/c13-10-5-8(7-14)1-2-11(10)17-20(18,19)9-3-4-16-12(15)6-9/h1-6,17H,(H2,15,16). The van der Waals surface area contributed by atoms with Gasteiger partial charge in [0, 0.05) is 12.3 Å². The molecule has 2 rings (SSSR count). The molecule has 0 amide bonds. The summed E-state index contributed by atoms with van der Waals surface area (Å²) >= 11 is 0. The Morgan fingerprint density at radius 2 is 2.05 bits per heavy atom. The molecule has 0 unspecified atom stereocenters. The van der Waals surface area contributed by atoms with E-state index in [1.807, 2.05) is 0 Å². The molecule has 2 aromatic rings. The van der Waals surface area contributed by atoms with Gasteiger partial charge in [-0.2, -0.15) is 5.26 Å². The Hall–Kier alpha value is -2.66. The minimum atomic E-state index is -3.97. The van der Waals surface area contributed by atoms with Crippen LogP contribution in [0, 0.1) is 17.1 Å². The fourth-order valence-electron chi connectivity index (χ4n) is 1.47. The molecule has 102 valence electrons. The third kappa shape index (κ3) is 2.84. The lowest BCUT2D eigenvalue weighted by atomic mass is 10.2. The maximum absolute atomic E-state index is 13.6. The highest BCUT2D eigenvalue weighted by atomic mass is 32.2. The summed E-state index contributed by atoms with van der Waals surface area (Å²) in [6, 6.07) is 7.58. The number of halogens is 1. The summed E-state index contributed by atoms with van der Waals surface area (Å²) in [5.41, 5.74) is 5.25. The van der Waals surface area contributed by atoms with Gasteiger partial charge in [0.15, 0.2) is 0 Å². The third-order valence-electron chi connectivity index (χ3n) is 2.41. The van der Waals surface area contributed by atoms with Crippen molar-refractivity contribution >= 4 is 21.5 Å². The lowest BCUT2D eigenvalue weighted by molar-refractivity contribution is 0.598. The zero-order valence-electron chi connectivity index (χ0n) is 10.0. The predicted molar refractivity (Wildman–Crippen MR) is 70.6 cm³/mol. The second-order valence-electron chi connectivity index (χ2n) is 3.83. The first-order valence-electron chi connectivity index (χ1n) is 5.36. The van der Waals surface area contributed by atoms with Crippen LogP contribution in [0.3, 0.4) is 0 Å². The molecule has 0 spiro atoms. The first-order valence-corrected chi connectivity index (χ1v) is 6.85. The van der Waals surface area contributed by atoms with E-state index in [2.05, 4.69) is 9.71 Å². The highest BCUT2D eigenvalue weighted by Gasteiger charge is 2.17. The van der Waals surface area contributed by atoms with E-state index in [9.17, 15) is 12.8 Å². The Morgan fingerprint density at radius 3 is 2.65 bits per heavy atom. The molecule has 0 aliphatic carbocycles. The summed E-state index contributed by atoms with van der Waals surface area (Å²) < 4.78 is 39.8. The molecule has 1 aromatic heterocycles. The van der Waals surface area contributed by atoms with Gasteiger partial charge in [-0.3, -0.25) is 4.72 Å². The number of benzene rings is 1. The van der Waals surface area contributed by atoms with E-state index in [0.717, 1.165) is 12.1 Å². The largest absolute Gasteiger partial charge is 0.384 e. The molecule has 3 N–H and O–H groups in total. The molecule has 1 heterocycles. The number of anilines is 2. The van der Waals surface area contributed by atoms with Gasteiger partial charge >= 0.3 is 0 Å². The summed E-state index contributed by atoms with van der Waals surface area (Å²) in [4.78, 5) is 3.55.